The quantitative estimate of drug-likeness (QED) is 0.359. The summed E-state index contributed by atoms with van der Waals surface area (Å²) < 4.78 is 29.5. The molecule has 1 aromatic carbocycles. The topological polar surface area (TPSA) is 41.4 Å². The van der Waals surface area contributed by atoms with Gasteiger partial charge in [-0.2, -0.15) is 0 Å². The van der Waals surface area contributed by atoms with Crippen LogP contribution in [0.25, 0.3) is 0 Å². The van der Waals surface area contributed by atoms with Crippen LogP contribution in [0.3, 0.4) is 0 Å². The molecule has 0 aliphatic heterocycles. The normalized spacial score (nSPS) is 19.1. The lowest BCUT2D eigenvalue weighted by molar-refractivity contribution is 0.553. The fourth-order valence-corrected chi connectivity index (χ4v) is 3.26. The molecule has 2 unspecified atom stereocenters. The molecule has 0 radical (unpaired) electrons. The number of benzene rings is 1. The number of hydrogen-bond donors (Lipinski definition) is 2. The molecule has 2 N–H and O–H groups in total. The van der Waals surface area contributed by atoms with Crippen molar-refractivity contribution in [2.75, 3.05) is 7.05 Å². The Morgan fingerprint density at radius 1 is 1.31 bits per heavy atom. The Bertz CT molecular complexity index is 805. The zero-order valence-corrected chi connectivity index (χ0v) is 18.0. The molecule has 1 saturated carbocycles. The smallest absolute Gasteiger partial charge is 0.191 e. The summed E-state index contributed by atoms with van der Waals surface area (Å²) in [6, 6.07) is 5.65. The van der Waals surface area contributed by atoms with Crippen molar-refractivity contribution in [3.8, 4) is 0 Å². The fourth-order valence-electron chi connectivity index (χ4n) is 2.84. The molecule has 0 bridgehead atoms. The first kappa shape index (κ1) is 21.2. The number of nitrogens with one attached hydrogen (secondary N) is 2. The monoisotopic (exact) mass is 514 g/mol. The van der Waals surface area contributed by atoms with Gasteiger partial charge in [-0.3, -0.25) is 4.99 Å². The zero-order chi connectivity index (χ0) is 18.1. The lowest BCUT2D eigenvalue weighted by Crippen LogP contribution is -2.39. The summed E-state index contributed by atoms with van der Waals surface area (Å²) in [5.74, 6) is -0.660. The van der Waals surface area contributed by atoms with Gasteiger partial charge in [-0.15, -0.1) is 24.0 Å². The van der Waals surface area contributed by atoms with E-state index in [1.165, 1.54) is 18.2 Å². The van der Waals surface area contributed by atoms with Crippen molar-refractivity contribution in [1.82, 2.24) is 15.2 Å². The van der Waals surface area contributed by atoms with E-state index in [-0.39, 0.29) is 41.5 Å². The Morgan fingerprint density at radius 2 is 1.96 bits per heavy atom. The fraction of sp³-hybridized carbons (Fsp3) is 0.353. The van der Waals surface area contributed by atoms with E-state index >= 15 is 0 Å². The molecule has 0 saturated heterocycles. The maximum absolute atomic E-state index is 13.8. The van der Waals surface area contributed by atoms with Gasteiger partial charge in [-0.25, -0.2) is 8.78 Å². The molecule has 0 amide bonds. The SMILES string of the molecule is CN=C(NCc1cc(Cl)c(Cl)n1C)NC1CC1c1c(F)cccc1F.I. The van der Waals surface area contributed by atoms with E-state index in [4.69, 9.17) is 23.2 Å². The molecular weight excluding hydrogens is 496 g/mol. The highest BCUT2D eigenvalue weighted by Gasteiger charge is 2.42. The average molecular weight is 515 g/mol. The Hall–Kier alpha value is -1.06. The van der Waals surface area contributed by atoms with E-state index in [9.17, 15) is 8.78 Å². The third-order valence-corrected chi connectivity index (χ3v) is 5.20. The molecule has 1 aliphatic carbocycles. The lowest BCUT2D eigenvalue weighted by atomic mass is 10.1. The molecule has 1 aromatic heterocycles. The zero-order valence-electron chi connectivity index (χ0n) is 14.2. The minimum Gasteiger partial charge on any atom is -0.353 e. The van der Waals surface area contributed by atoms with Crippen LogP contribution in [-0.2, 0) is 13.6 Å². The van der Waals surface area contributed by atoms with Crippen molar-refractivity contribution in [1.29, 1.82) is 0 Å². The van der Waals surface area contributed by atoms with E-state index in [0.717, 1.165) is 5.69 Å². The standard InChI is InChI=1S/C17H18Cl2F2N4.HI/c1-22-17(23-8-9-6-11(18)16(19)25(9)2)24-14-7-10(14)15-12(20)4-3-5-13(15)21;/h3-6,10,14H,7-8H2,1-2H3,(H2,22,23,24);1H. The summed E-state index contributed by atoms with van der Waals surface area (Å²) in [6.45, 7) is 0.466. The Balaban J connectivity index is 0.00000243. The van der Waals surface area contributed by atoms with Crippen LogP contribution >= 0.6 is 47.2 Å². The number of guanidine groups is 1. The summed E-state index contributed by atoms with van der Waals surface area (Å²) in [6.07, 6.45) is 0.653. The maximum atomic E-state index is 13.8. The molecular formula is C17H19Cl2F2IN4. The molecule has 2 atom stereocenters. The number of hydrogen-bond acceptors (Lipinski definition) is 1. The molecule has 3 rings (SSSR count). The number of halogens is 5. The van der Waals surface area contributed by atoms with Crippen molar-refractivity contribution in [3.63, 3.8) is 0 Å². The van der Waals surface area contributed by atoms with Gasteiger partial charge >= 0.3 is 0 Å². The average Bonchev–Trinajstić information content (AvgIpc) is 3.28. The van der Waals surface area contributed by atoms with Crippen LogP contribution in [0.2, 0.25) is 10.2 Å². The first-order valence-corrected chi connectivity index (χ1v) is 8.58. The minimum absolute atomic E-state index is 0. The maximum Gasteiger partial charge on any atom is 0.191 e. The van der Waals surface area contributed by atoms with Crippen LogP contribution in [0, 0.1) is 11.6 Å². The van der Waals surface area contributed by atoms with E-state index in [1.54, 1.807) is 17.7 Å². The second kappa shape index (κ2) is 8.75. The Kier molecular flexibility index (Phi) is 7.15. The summed E-state index contributed by atoms with van der Waals surface area (Å²) >= 11 is 12.0. The van der Waals surface area contributed by atoms with Crippen molar-refractivity contribution < 1.29 is 8.78 Å². The van der Waals surface area contributed by atoms with Crippen molar-refractivity contribution in [2.45, 2.75) is 24.9 Å². The van der Waals surface area contributed by atoms with Gasteiger partial charge in [0.1, 0.15) is 16.8 Å². The van der Waals surface area contributed by atoms with Gasteiger partial charge in [0.25, 0.3) is 0 Å². The predicted octanol–water partition coefficient (Wildman–Crippen LogP) is 4.45. The Labute approximate surface area is 178 Å². The second-order valence-corrected chi connectivity index (χ2v) is 6.75. The molecule has 0 spiro atoms. The largest absolute Gasteiger partial charge is 0.353 e. The minimum atomic E-state index is -0.509. The first-order chi connectivity index (χ1) is 11.9. The van der Waals surface area contributed by atoms with Gasteiger partial charge in [-0.05, 0) is 24.6 Å². The van der Waals surface area contributed by atoms with Crippen LogP contribution in [0.5, 0.6) is 0 Å². The van der Waals surface area contributed by atoms with Gasteiger partial charge in [0.05, 0.1) is 11.6 Å². The summed E-state index contributed by atoms with van der Waals surface area (Å²) in [4.78, 5) is 4.15. The number of nitrogens with zero attached hydrogens (tertiary/aromatic N) is 2. The van der Waals surface area contributed by atoms with Crippen molar-refractivity contribution in [2.24, 2.45) is 12.0 Å². The van der Waals surface area contributed by atoms with E-state index in [2.05, 4.69) is 15.6 Å². The van der Waals surface area contributed by atoms with E-state index in [1.807, 2.05) is 7.05 Å². The highest BCUT2D eigenvalue weighted by molar-refractivity contribution is 14.0. The van der Waals surface area contributed by atoms with Crippen LogP contribution in [0.15, 0.2) is 29.3 Å². The molecule has 2 aromatic rings. The van der Waals surface area contributed by atoms with Crippen molar-refractivity contribution >= 4 is 53.1 Å². The summed E-state index contributed by atoms with van der Waals surface area (Å²) in [5, 5.41) is 7.30. The van der Waals surface area contributed by atoms with Gasteiger partial charge in [0.15, 0.2) is 5.96 Å². The molecule has 1 fully saturated rings. The molecule has 1 aliphatic rings. The summed E-state index contributed by atoms with van der Waals surface area (Å²) in [5.41, 5.74) is 1.03. The third-order valence-electron chi connectivity index (χ3n) is 4.36. The predicted molar refractivity (Wildman–Crippen MR) is 112 cm³/mol. The molecule has 142 valence electrons. The molecule has 9 heteroatoms. The van der Waals surface area contributed by atoms with Crippen molar-refractivity contribution in [3.05, 3.63) is 57.3 Å². The van der Waals surface area contributed by atoms with Gasteiger partial charge in [0, 0.05) is 37.3 Å². The lowest BCUT2D eigenvalue weighted by Gasteiger charge is -2.13. The number of aliphatic imine (C=N–C) groups is 1. The van der Waals surface area contributed by atoms with Crippen LogP contribution in [0.4, 0.5) is 8.78 Å². The Morgan fingerprint density at radius 3 is 2.50 bits per heavy atom. The van der Waals surface area contributed by atoms with Gasteiger partial charge in [-0.1, -0.05) is 29.3 Å². The van der Waals surface area contributed by atoms with Crippen LogP contribution in [-0.4, -0.2) is 23.6 Å². The number of rotatable bonds is 4. The highest BCUT2D eigenvalue weighted by Crippen LogP contribution is 2.43. The second-order valence-electron chi connectivity index (χ2n) is 5.99. The van der Waals surface area contributed by atoms with E-state index < -0.39 is 11.6 Å². The third kappa shape index (κ3) is 4.43. The van der Waals surface area contributed by atoms with Crippen LogP contribution in [0.1, 0.15) is 23.6 Å². The number of aromatic nitrogens is 1. The van der Waals surface area contributed by atoms with Crippen LogP contribution < -0.4 is 10.6 Å². The van der Waals surface area contributed by atoms with Gasteiger partial charge in [0.2, 0.25) is 0 Å². The highest BCUT2D eigenvalue weighted by atomic mass is 127. The summed E-state index contributed by atoms with van der Waals surface area (Å²) in [7, 11) is 3.46. The molecule has 4 nitrogen and oxygen atoms in total. The molecule has 26 heavy (non-hydrogen) atoms. The van der Waals surface area contributed by atoms with E-state index in [0.29, 0.717) is 29.1 Å². The first-order valence-electron chi connectivity index (χ1n) is 7.83. The molecule has 1 heterocycles. The van der Waals surface area contributed by atoms with Gasteiger partial charge < -0.3 is 15.2 Å².